The molecule has 24 heavy (non-hydrogen) atoms. The van der Waals surface area contributed by atoms with Crippen molar-refractivity contribution in [2.24, 2.45) is 0 Å². The fourth-order valence-electron chi connectivity index (χ4n) is 2.21. The van der Waals surface area contributed by atoms with Crippen molar-refractivity contribution in [3.05, 3.63) is 46.4 Å². The highest BCUT2D eigenvalue weighted by atomic mass is 79.9. The van der Waals surface area contributed by atoms with Crippen LogP contribution in [0, 0.1) is 0 Å². The second kappa shape index (κ2) is 8.70. The van der Waals surface area contributed by atoms with E-state index in [1.807, 2.05) is 24.3 Å². The minimum absolute atomic E-state index is 0.103. The predicted octanol–water partition coefficient (Wildman–Crippen LogP) is 3.67. The van der Waals surface area contributed by atoms with E-state index in [-0.39, 0.29) is 13.2 Å². The Kier molecular flexibility index (Phi) is 6.63. The fourth-order valence-corrected chi connectivity index (χ4v) is 2.78. The third-order valence-corrected chi connectivity index (χ3v) is 3.88. The van der Waals surface area contributed by atoms with E-state index in [0.717, 1.165) is 16.9 Å². The zero-order valence-corrected chi connectivity index (χ0v) is 15.1. The minimum Gasteiger partial charge on any atom is -0.497 e. The SMILES string of the molecule is CCOC(=O)c1cc(Br)c(OCCO)c(-c2ccc(OC)cc2)c1. The van der Waals surface area contributed by atoms with Gasteiger partial charge in [-0.15, -0.1) is 0 Å². The number of aliphatic hydroxyl groups excluding tert-OH is 1. The zero-order chi connectivity index (χ0) is 17.5. The Bertz CT molecular complexity index is 697. The van der Waals surface area contributed by atoms with E-state index in [1.165, 1.54) is 0 Å². The van der Waals surface area contributed by atoms with E-state index in [0.29, 0.717) is 22.4 Å². The summed E-state index contributed by atoms with van der Waals surface area (Å²) >= 11 is 3.43. The van der Waals surface area contributed by atoms with Crippen molar-refractivity contribution in [2.45, 2.75) is 6.92 Å². The lowest BCUT2D eigenvalue weighted by Gasteiger charge is -2.15. The standard InChI is InChI=1S/C18H19BrO5/c1-3-23-18(21)13-10-15(12-4-6-14(22-2)7-5-12)17(16(19)11-13)24-9-8-20/h4-7,10-11,20H,3,8-9H2,1-2H3. The molecule has 0 radical (unpaired) electrons. The van der Waals surface area contributed by atoms with Gasteiger partial charge in [0.05, 0.1) is 30.4 Å². The Hall–Kier alpha value is -2.05. The van der Waals surface area contributed by atoms with Gasteiger partial charge in [-0.2, -0.15) is 0 Å². The number of benzene rings is 2. The third kappa shape index (κ3) is 4.27. The van der Waals surface area contributed by atoms with Crippen LogP contribution in [-0.4, -0.2) is 38.0 Å². The molecular weight excluding hydrogens is 376 g/mol. The molecule has 0 amide bonds. The van der Waals surface area contributed by atoms with E-state index in [2.05, 4.69) is 15.9 Å². The summed E-state index contributed by atoms with van der Waals surface area (Å²) in [6.07, 6.45) is 0. The van der Waals surface area contributed by atoms with Crippen LogP contribution < -0.4 is 9.47 Å². The van der Waals surface area contributed by atoms with Crippen LogP contribution in [0.3, 0.4) is 0 Å². The Balaban J connectivity index is 2.52. The Labute approximate surface area is 149 Å². The number of carbonyl (C=O) groups excluding carboxylic acids is 1. The van der Waals surface area contributed by atoms with Gasteiger partial charge in [-0.3, -0.25) is 0 Å². The molecule has 0 saturated carbocycles. The highest BCUT2D eigenvalue weighted by Gasteiger charge is 2.17. The first-order chi connectivity index (χ1) is 11.6. The average Bonchev–Trinajstić information content (AvgIpc) is 2.60. The molecule has 5 nitrogen and oxygen atoms in total. The van der Waals surface area contributed by atoms with Crippen molar-refractivity contribution < 1.29 is 24.1 Å². The molecular formula is C18H19BrO5. The molecule has 6 heteroatoms. The molecule has 0 bridgehead atoms. The molecule has 0 aliphatic carbocycles. The van der Waals surface area contributed by atoms with Crippen molar-refractivity contribution in [3.8, 4) is 22.6 Å². The van der Waals surface area contributed by atoms with Crippen LogP contribution in [-0.2, 0) is 4.74 Å². The maximum absolute atomic E-state index is 12.1. The van der Waals surface area contributed by atoms with Crippen LogP contribution in [0.2, 0.25) is 0 Å². The molecule has 0 spiro atoms. The van der Waals surface area contributed by atoms with Gasteiger partial charge in [0.2, 0.25) is 0 Å². The second-order valence-electron chi connectivity index (χ2n) is 4.86. The minimum atomic E-state index is -0.401. The number of ether oxygens (including phenoxy) is 3. The summed E-state index contributed by atoms with van der Waals surface area (Å²) in [5.41, 5.74) is 2.00. The lowest BCUT2D eigenvalue weighted by Crippen LogP contribution is -2.07. The average molecular weight is 395 g/mol. The first-order valence-electron chi connectivity index (χ1n) is 7.49. The molecule has 0 unspecified atom stereocenters. The number of hydrogen-bond donors (Lipinski definition) is 1. The van der Waals surface area contributed by atoms with Gasteiger partial charge in [0.1, 0.15) is 18.1 Å². The monoisotopic (exact) mass is 394 g/mol. The molecule has 0 fully saturated rings. The van der Waals surface area contributed by atoms with Gasteiger partial charge in [-0.05, 0) is 52.7 Å². The van der Waals surface area contributed by atoms with E-state index >= 15 is 0 Å². The lowest BCUT2D eigenvalue weighted by molar-refractivity contribution is 0.0526. The van der Waals surface area contributed by atoms with Crippen LogP contribution >= 0.6 is 15.9 Å². The van der Waals surface area contributed by atoms with Gasteiger partial charge in [-0.1, -0.05) is 12.1 Å². The van der Waals surface area contributed by atoms with Crippen LogP contribution in [0.1, 0.15) is 17.3 Å². The van der Waals surface area contributed by atoms with Gasteiger partial charge in [0, 0.05) is 5.56 Å². The largest absolute Gasteiger partial charge is 0.497 e. The molecule has 0 aliphatic heterocycles. The maximum Gasteiger partial charge on any atom is 0.338 e. The van der Waals surface area contributed by atoms with Gasteiger partial charge >= 0.3 is 5.97 Å². The van der Waals surface area contributed by atoms with Crippen molar-refractivity contribution >= 4 is 21.9 Å². The van der Waals surface area contributed by atoms with Gasteiger partial charge in [0.15, 0.2) is 0 Å². The normalized spacial score (nSPS) is 10.3. The summed E-state index contributed by atoms with van der Waals surface area (Å²) in [7, 11) is 1.60. The van der Waals surface area contributed by atoms with Gasteiger partial charge in [0.25, 0.3) is 0 Å². The quantitative estimate of drug-likeness (QED) is 0.725. The smallest absolute Gasteiger partial charge is 0.338 e. The molecule has 2 aromatic rings. The van der Waals surface area contributed by atoms with E-state index in [1.54, 1.807) is 26.2 Å². The number of hydrogen-bond acceptors (Lipinski definition) is 5. The van der Waals surface area contributed by atoms with Crippen molar-refractivity contribution in [1.82, 2.24) is 0 Å². The molecule has 0 heterocycles. The first-order valence-corrected chi connectivity index (χ1v) is 8.28. The number of rotatable bonds is 7. The van der Waals surface area contributed by atoms with Crippen LogP contribution in [0.15, 0.2) is 40.9 Å². The Morgan fingerprint density at radius 1 is 1.21 bits per heavy atom. The summed E-state index contributed by atoms with van der Waals surface area (Å²) in [5, 5.41) is 9.03. The van der Waals surface area contributed by atoms with Crippen molar-refractivity contribution in [1.29, 1.82) is 0 Å². The molecule has 2 rings (SSSR count). The number of aliphatic hydroxyl groups is 1. The molecule has 0 aromatic heterocycles. The van der Waals surface area contributed by atoms with Gasteiger partial charge < -0.3 is 19.3 Å². The third-order valence-electron chi connectivity index (χ3n) is 3.29. The van der Waals surface area contributed by atoms with Crippen molar-refractivity contribution in [3.63, 3.8) is 0 Å². The van der Waals surface area contributed by atoms with Gasteiger partial charge in [-0.25, -0.2) is 4.79 Å². The van der Waals surface area contributed by atoms with E-state index in [9.17, 15) is 4.79 Å². The van der Waals surface area contributed by atoms with Crippen LogP contribution in [0.5, 0.6) is 11.5 Å². The van der Waals surface area contributed by atoms with Crippen LogP contribution in [0.25, 0.3) is 11.1 Å². The maximum atomic E-state index is 12.1. The number of halogens is 1. The molecule has 2 aromatic carbocycles. The van der Waals surface area contributed by atoms with E-state index < -0.39 is 5.97 Å². The summed E-state index contributed by atoms with van der Waals surface area (Å²) < 4.78 is 16.5. The predicted molar refractivity (Wildman–Crippen MR) is 94.7 cm³/mol. The van der Waals surface area contributed by atoms with Crippen molar-refractivity contribution in [2.75, 3.05) is 26.9 Å². The highest BCUT2D eigenvalue weighted by molar-refractivity contribution is 9.10. The summed E-state index contributed by atoms with van der Waals surface area (Å²) in [5.74, 6) is 0.890. The number of esters is 1. The second-order valence-corrected chi connectivity index (χ2v) is 5.71. The lowest BCUT2D eigenvalue weighted by atomic mass is 10.0. The zero-order valence-electron chi connectivity index (χ0n) is 13.5. The fraction of sp³-hybridized carbons (Fsp3) is 0.278. The topological polar surface area (TPSA) is 65.0 Å². The number of carbonyl (C=O) groups is 1. The molecule has 0 atom stereocenters. The summed E-state index contributed by atoms with van der Waals surface area (Å²) in [6.45, 7) is 2.11. The molecule has 0 aliphatic rings. The Morgan fingerprint density at radius 3 is 2.50 bits per heavy atom. The summed E-state index contributed by atoms with van der Waals surface area (Å²) in [6, 6.07) is 10.8. The molecule has 1 N–H and O–H groups in total. The molecule has 0 saturated heterocycles. The summed E-state index contributed by atoms with van der Waals surface area (Å²) in [4.78, 5) is 12.1. The highest BCUT2D eigenvalue weighted by Crippen LogP contribution is 2.38. The number of methoxy groups -OCH3 is 1. The molecule has 128 valence electrons. The first kappa shape index (κ1) is 18.3. The Morgan fingerprint density at radius 2 is 1.92 bits per heavy atom. The van der Waals surface area contributed by atoms with E-state index in [4.69, 9.17) is 19.3 Å². The van der Waals surface area contributed by atoms with Crippen LogP contribution in [0.4, 0.5) is 0 Å².